The van der Waals surface area contributed by atoms with Crippen LogP contribution in [0.5, 0.6) is 0 Å². The zero-order valence-corrected chi connectivity index (χ0v) is 20.1. The molecule has 0 N–H and O–H groups in total. The van der Waals surface area contributed by atoms with E-state index < -0.39 is 23.7 Å². The van der Waals surface area contributed by atoms with E-state index in [9.17, 15) is 0 Å². The number of benzene rings is 3. The lowest BCUT2D eigenvalue weighted by molar-refractivity contribution is 0.00578. The minimum Gasteiger partial charge on any atom is -0.399 e. The SMILES string of the molecule is CC1(C)OB(c2cccc3c2C(c2ccccc2)(c2cccnc2)c2ccccc2-3)OC1(C)C. The van der Waals surface area contributed by atoms with Gasteiger partial charge in [-0.1, -0.05) is 78.9 Å². The first-order chi connectivity index (χ1) is 16.4. The summed E-state index contributed by atoms with van der Waals surface area (Å²) in [7, 11) is -0.464. The van der Waals surface area contributed by atoms with Crippen molar-refractivity contribution in [1.29, 1.82) is 0 Å². The Morgan fingerprint density at radius 3 is 2.00 bits per heavy atom. The fourth-order valence-electron chi connectivity index (χ4n) is 5.60. The van der Waals surface area contributed by atoms with E-state index in [0.29, 0.717) is 0 Å². The van der Waals surface area contributed by atoms with Crippen LogP contribution < -0.4 is 5.46 Å². The van der Waals surface area contributed by atoms with E-state index >= 15 is 0 Å². The second-order valence-corrected chi connectivity index (χ2v) is 10.3. The zero-order chi connectivity index (χ0) is 23.6. The first-order valence-corrected chi connectivity index (χ1v) is 11.9. The Morgan fingerprint density at radius 2 is 1.29 bits per heavy atom. The molecule has 2 aliphatic rings. The van der Waals surface area contributed by atoms with E-state index in [0.717, 1.165) is 11.0 Å². The molecule has 168 valence electrons. The monoisotopic (exact) mass is 445 g/mol. The van der Waals surface area contributed by atoms with Crippen molar-refractivity contribution in [2.24, 2.45) is 0 Å². The predicted molar refractivity (Wildman–Crippen MR) is 137 cm³/mol. The Morgan fingerprint density at radius 1 is 0.647 bits per heavy atom. The van der Waals surface area contributed by atoms with Crippen LogP contribution in [0, 0.1) is 0 Å². The van der Waals surface area contributed by atoms with Gasteiger partial charge in [0.25, 0.3) is 0 Å². The summed E-state index contributed by atoms with van der Waals surface area (Å²) in [6.45, 7) is 8.43. The van der Waals surface area contributed by atoms with Gasteiger partial charge in [-0.25, -0.2) is 0 Å². The normalized spacial score (nSPS) is 21.8. The maximum absolute atomic E-state index is 6.60. The van der Waals surface area contributed by atoms with Crippen LogP contribution in [0.15, 0.2) is 97.3 Å². The lowest BCUT2D eigenvalue weighted by atomic mass is 9.62. The van der Waals surface area contributed by atoms with Crippen molar-refractivity contribution in [2.75, 3.05) is 0 Å². The number of hydrogen-bond acceptors (Lipinski definition) is 3. The van der Waals surface area contributed by atoms with Crippen molar-refractivity contribution in [3.05, 3.63) is 120 Å². The highest BCUT2D eigenvalue weighted by atomic mass is 16.7. The van der Waals surface area contributed by atoms with Gasteiger partial charge in [0.2, 0.25) is 0 Å². The van der Waals surface area contributed by atoms with E-state index in [1.165, 1.54) is 27.8 Å². The summed E-state index contributed by atoms with van der Waals surface area (Å²) in [6.07, 6.45) is 3.84. The second-order valence-electron chi connectivity index (χ2n) is 10.3. The maximum atomic E-state index is 6.60. The molecule has 3 nitrogen and oxygen atoms in total. The molecule has 34 heavy (non-hydrogen) atoms. The summed E-state index contributed by atoms with van der Waals surface area (Å²) in [5.74, 6) is 0. The van der Waals surface area contributed by atoms with Gasteiger partial charge in [0.05, 0.1) is 16.6 Å². The van der Waals surface area contributed by atoms with Crippen molar-refractivity contribution in [1.82, 2.24) is 4.98 Å². The molecule has 4 aromatic rings. The van der Waals surface area contributed by atoms with E-state index in [1.54, 1.807) is 0 Å². The van der Waals surface area contributed by atoms with E-state index in [4.69, 9.17) is 9.31 Å². The Balaban J connectivity index is 1.72. The summed E-state index contributed by atoms with van der Waals surface area (Å²) in [6, 6.07) is 30.2. The van der Waals surface area contributed by atoms with Gasteiger partial charge in [-0.05, 0) is 72.6 Å². The second kappa shape index (κ2) is 7.40. The quantitative estimate of drug-likeness (QED) is 0.332. The molecule has 0 bridgehead atoms. The molecule has 0 amide bonds. The predicted octanol–water partition coefficient (Wildman–Crippen LogP) is 5.74. The lowest BCUT2D eigenvalue weighted by Gasteiger charge is -2.35. The van der Waals surface area contributed by atoms with Crippen molar-refractivity contribution in [2.45, 2.75) is 44.3 Å². The third-order valence-electron chi connectivity index (χ3n) is 7.90. The van der Waals surface area contributed by atoms with Crippen LogP contribution in [-0.2, 0) is 14.7 Å². The van der Waals surface area contributed by atoms with Crippen LogP contribution in [-0.4, -0.2) is 23.3 Å². The third kappa shape index (κ3) is 2.82. The van der Waals surface area contributed by atoms with Crippen molar-refractivity contribution >= 4 is 12.6 Å². The average molecular weight is 445 g/mol. The van der Waals surface area contributed by atoms with Gasteiger partial charge >= 0.3 is 7.12 Å². The van der Waals surface area contributed by atoms with E-state index in [1.807, 2.05) is 18.5 Å². The zero-order valence-electron chi connectivity index (χ0n) is 20.1. The largest absolute Gasteiger partial charge is 0.495 e. The molecular weight excluding hydrogens is 417 g/mol. The van der Waals surface area contributed by atoms with Gasteiger partial charge in [-0.15, -0.1) is 0 Å². The molecule has 6 rings (SSSR count). The fraction of sp³-hybridized carbons (Fsp3) is 0.233. The Hall–Kier alpha value is -3.21. The topological polar surface area (TPSA) is 31.4 Å². The molecule has 1 aromatic heterocycles. The van der Waals surface area contributed by atoms with Crippen molar-refractivity contribution < 1.29 is 9.31 Å². The molecule has 4 heteroatoms. The molecule has 0 spiro atoms. The standard InChI is InChI=1S/C30H28BNO2/c1-28(2)29(3,4)34-31(33-28)26-18-10-16-24-23-15-8-9-17-25(23)30(27(24)26,21-12-6-5-7-13-21)22-14-11-19-32-20-22/h5-20H,1-4H3. The highest BCUT2D eigenvalue weighted by molar-refractivity contribution is 6.63. The number of pyridine rings is 1. The van der Waals surface area contributed by atoms with Crippen LogP contribution in [0.2, 0.25) is 0 Å². The van der Waals surface area contributed by atoms with Crippen LogP contribution in [0.4, 0.5) is 0 Å². The summed E-state index contributed by atoms with van der Waals surface area (Å²) < 4.78 is 13.2. The molecule has 1 unspecified atom stereocenters. The Kier molecular flexibility index (Phi) is 4.64. The first-order valence-electron chi connectivity index (χ1n) is 11.9. The van der Waals surface area contributed by atoms with Gasteiger partial charge in [0.1, 0.15) is 0 Å². The third-order valence-corrected chi connectivity index (χ3v) is 7.90. The van der Waals surface area contributed by atoms with Crippen molar-refractivity contribution in [3.63, 3.8) is 0 Å². The summed E-state index contributed by atoms with van der Waals surface area (Å²) in [5, 5.41) is 0. The van der Waals surface area contributed by atoms with Gasteiger partial charge < -0.3 is 9.31 Å². The van der Waals surface area contributed by atoms with E-state index in [-0.39, 0.29) is 0 Å². The minimum absolute atomic E-state index is 0.421. The molecule has 1 aliphatic carbocycles. The first kappa shape index (κ1) is 21.3. The molecule has 0 radical (unpaired) electrons. The molecule has 1 aliphatic heterocycles. The fourth-order valence-corrected chi connectivity index (χ4v) is 5.60. The summed E-state index contributed by atoms with van der Waals surface area (Å²) in [4.78, 5) is 4.56. The maximum Gasteiger partial charge on any atom is 0.495 e. The molecule has 1 saturated heterocycles. The molecule has 1 fully saturated rings. The Labute approximate surface area is 201 Å². The molecular formula is C30H28BNO2. The molecule has 1 atom stereocenters. The van der Waals surface area contributed by atoms with Gasteiger partial charge in [-0.2, -0.15) is 0 Å². The van der Waals surface area contributed by atoms with E-state index in [2.05, 4.69) is 112 Å². The lowest BCUT2D eigenvalue weighted by Crippen LogP contribution is -2.42. The van der Waals surface area contributed by atoms with Crippen LogP contribution in [0.25, 0.3) is 11.1 Å². The van der Waals surface area contributed by atoms with Crippen molar-refractivity contribution in [3.8, 4) is 11.1 Å². The minimum atomic E-state index is -0.526. The molecule has 0 saturated carbocycles. The highest BCUT2D eigenvalue weighted by Gasteiger charge is 2.55. The number of nitrogens with zero attached hydrogens (tertiary/aromatic N) is 1. The van der Waals surface area contributed by atoms with Crippen LogP contribution in [0.1, 0.15) is 49.9 Å². The molecule has 3 aromatic carbocycles. The Bertz CT molecular complexity index is 1310. The van der Waals surface area contributed by atoms with Gasteiger partial charge in [-0.3, -0.25) is 4.98 Å². The highest BCUT2D eigenvalue weighted by Crippen LogP contribution is 2.55. The smallest absolute Gasteiger partial charge is 0.399 e. The van der Waals surface area contributed by atoms with Gasteiger partial charge in [0, 0.05) is 12.4 Å². The van der Waals surface area contributed by atoms with Gasteiger partial charge in [0.15, 0.2) is 0 Å². The summed E-state index contributed by atoms with van der Waals surface area (Å²) in [5.41, 5.74) is 6.97. The molecule has 2 heterocycles. The number of fused-ring (bicyclic) bond motifs is 3. The van der Waals surface area contributed by atoms with Crippen LogP contribution in [0.3, 0.4) is 0 Å². The van der Waals surface area contributed by atoms with Crippen LogP contribution >= 0.6 is 0 Å². The average Bonchev–Trinajstić information content (AvgIpc) is 3.27. The summed E-state index contributed by atoms with van der Waals surface area (Å²) >= 11 is 0. The number of rotatable bonds is 3. The number of aromatic nitrogens is 1. The number of hydrogen-bond donors (Lipinski definition) is 0.